The van der Waals surface area contributed by atoms with Crippen LogP contribution in [-0.2, 0) is 6.42 Å². The number of nitrogens with one attached hydrogen (secondary N) is 1. The maximum atomic E-state index is 12.4. The molecule has 2 aromatic carbocycles. The molecule has 0 fully saturated rings. The third kappa shape index (κ3) is 3.44. The fourth-order valence-corrected chi connectivity index (χ4v) is 3.63. The summed E-state index contributed by atoms with van der Waals surface area (Å²) in [5.74, 6) is 0.332. The van der Waals surface area contributed by atoms with Crippen LogP contribution in [0.4, 0.5) is 0 Å². The lowest BCUT2D eigenvalue weighted by molar-refractivity contribution is 0.0692. The summed E-state index contributed by atoms with van der Waals surface area (Å²) in [6.07, 6.45) is 0.824. The number of imide groups is 1. The maximum absolute atomic E-state index is 12.4. The molecule has 0 radical (unpaired) electrons. The Balaban J connectivity index is 1.35. The third-order valence-electron chi connectivity index (χ3n) is 5.05. The van der Waals surface area contributed by atoms with Crippen molar-refractivity contribution < 1.29 is 23.9 Å². The molecule has 2 heterocycles. The van der Waals surface area contributed by atoms with Gasteiger partial charge < -0.3 is 14.8 Å². The fraction of sp³-hybridized carbons (Fsp3) is 0.318. The van der Waals surface area contributed by atoms with Crippen molar-refractivity contribution in [3.05, 3.63) is 58.7 Å². The number of benzene rings is 2. The first-order valence-electron chi connectivity index (χ1n) is 9.45. The summed E-state index contributed by atoms with van der Waals surface area (Å²) in [6.45, 7) is 4.63. The second-order valence-corrected chi connectivity index (χ2v) is 7.82. The molecule has 7 heteroatoms. The highest BCUT2D eigenvalue weighted by Gasteiger charge is 2.33. The molecule has 0 aliphatic carbocycles. The highest BCUT2D eigenvalue weighted by Crippen LogP contribution is 2.41. The molecule has 0 saturated carbocycles. The van der Waals surface area contributed by atoms with Crippen LogP contribution in [0.15, 0.2) is 36.4 Å². The Labute approximate surface area is 168 Å². The van der Waals surface area contributed by atoms with Crippen LogP contribution in [0.3, 0.4) is 0 Å². The number of carbonyl (C=O) groups excluding carboxylic acids is 3. The Hall–Kier alpha value is -3.35. The molecule has 0 aromatic heterocycles. The van der Waals surface area contributed by atoms with E-state index in [0.717, 1.165) is 22.6 Å². The van der Waals surface area contributed by atoms with E-state index in [1.807, 2.05) is 32.0 Å². The van der Waals surface area contributed by atoms with Gasteiger partial charge in [0.25, 0.3) is 17.7 Å². The summed E-state index contributed by atoms with van der Waals surface area (Å²) in [5, 5.41) is 2.77. The first-order chi connectivity index (χ1) is 13.8. The van der Waals surface area contributed by atoms with Gasteiger partial charge in [0.15, 0.2) is 11.5 Å². The minimum Gasteiger partial charge on any atom is -0.488 e. The highest BCUT2D eigenvalue weighted by molar-refractivity contribution is 6.21. The molecule has 2 aliphatic rings. The summed E-state index contributed by atoms with van der Waals surface area (Å²) in [7, 11) is 1.42. The molecule has 2 aliphatic heterocycles. The van der Waals surface area contributed by atoms with Gasteiger partial charge in [-0.1, -0.05) is 12.1 Å². The Morgan fingerprint density at radius 2 is 1.93 bits per heavy atom. The zero-order valence-electron chi connectivity index (χ0n) is 16.6. The smallest absolute Gasteiger partial charge is 0.261 e. The normalized spacial score (nSPS) is 16.3. The van der Waals surface area contributed by atoms with Crippen LogP contribution >= 0.6 is 0 Å². The zero-order valence-corrected chi connectivity index (χ0v) is 16.6. The van der Waals surface area contributed by atoms with Gasteiger partial charge in [0, 0.05) is 24.6 Å². The molecular formula is C22H22N2O5. The molecule has 7 nitrogen and oxygen atoms in total. The summed E-state index contributed by atoms with van der Waals surface area (Å²) >= 11 is 0. The quantitative estimate of drug-likeness (QED) is 0.622. The molecule has 4 rings (SSSR count). The predicted octanol–water partition coefficient (Wildman–Crippen LogP) is 2.43. The fourth-order valence-electron chi connectivity index (χ4n) is 3.63. The third-order valence-corrected chi connectivity index (χ3v) is 5.05. The number of amides is 3. The van der Waals surface area contributed by atoms with E-state index in [9.17, 15) is 14.4 Å². The molecule has 0 bridgehead atoms. The van der Waals surface area contributed by atoms with E-state index >= 15 is 0 Å². The van der Waals surface area contributed by atoms with Gasteiger partial charge in [-0.3, -0.25) is 19.3 Å². The van der Waals surface area contributed by atoms with Crippen molar-refractivity contribution >= 4 is 17.7 Å². The minimum atomic E-state index is -0.399. The Kier molecular flexibility index (Phi) is 4.53. The van der Waals surface area contributed by atoms with Crippen molar-refractivity contribution in [1.29, 1.82) is 0 Å². The van der Waals surface area contributed by atoms with E-state index in [2.05, 4.69) is 5.32 Å². The van der Waals surface area contributed by atoms with E-state index in [-0.39, 0.29) is 36.1 Å². The maximum Gasteiger partial charge on any atom is 0.261 e. The van der Waals surface area contributed by atoms with Crippen LogP contribution in [0.2, 0.25) is 0 Å². The average molecular weight is 394 g/mol. The average Bonchev–Trinajstić information content (AvgIpc) is 3.13. The number of carbonyl (C=O) groups is 3. The van der Waals surface area contributed by atoms with E-state index < -0.39 is 5.91 Å². The van der Waals surface area contributed by atoms with Gasteiger partial charge in [0.1, 0.15) is 12.2 Å². The number of hydrogen-bond acceptors (Lipinski definition) is 5. The van der Waals surface area contributed by atoms with Gasteiger partial charge in [-0.15, -0.1) is 0 Å². The molecule has 0 saturated heterocycles. The van der Waals surface area contributed by atoms with Gasteiger partial charge in [-0.05, 0) is 38.1 Å². The second-order valence-electron chi connectivity index (χ2n) is 7.82. The van der Waals surface area contributed by atoms with Crippen LogP contribution in [-0.4, -0.2) is 48.4 Å². The molecule has 0 spiro atoms. The number of para-hydroxylation sites is 1. The summed E-state index contributed by atoms with van der Waals surface area (Å²) in [6, 6.07) is 10.3. The van der Waals surface area contributed by atoms with Crippen LogP contribution in [0.1, 0.15) is 50.5 Å². The summed E-state index contributed by atoms with van der Waals surface area (Å²) < 4.78 is 11.8. The van der Waals surface area contributed by atoms with Gasteiger partial charge in [-0.25, -0.2) is 0 Å². The van der Waals surface area contributed by atoms with Gasteiger partial charge in [0.05, 0.1) is 17.7 Å². The molecule has 1 N–H and O–H groups in total. The topological polar surface area (TPSA) is 84.9 Å². The first-order valence-corrected chi connectivity index (χ1v) is 9.45. The Morgan fingerprint density at radius 3 is 2.72 bits per heavy atom. The number of fused-ring (bicyclic) bond motifs is 2. The van der Waals surface area contributed by atoms with Crippen LogP contribution in [0.5, 0.6) is 11.5 Å². The van der Waals surface area contributed by atoms with E-state index in [0.29, 0.717) is 16.9 Å². The van der Waals surface area contributed by atoms with Gasteiger partial charge >= 0.3 is 0 Å². The number of hydrogen-bond donors (Lipinski definition) is 1. The standard InChI is InChI=1S/C22H22N2O5/c1-22(2)12-14-5-4-6-17(18(14)29-22)28-10-9-23-19(25)13-7-8-15-16(11-13)21(27)24(3)20(15)26/h4-8,11H,9-10,12H2,1-3H3,(H,23,25). The van der Waals surface area contributed by atoms with Crippen LogP contribution in [0, 0.1) is 0 Å². The van der Waals surface area contributed by atoms with E-state index in [4.69, 9.17) is 9.47 Å². The van der Waals surface area contributed by atoms with Crippen molar-refractivity contribution in [1.82, 2.24) is 10.2 Å². The lowest BCUT2D eigenvalue weighted by Gasteiger charge is -2.18. The lowest BCUT2D eigenvalue weighted by atomic mass is 10.0. The molecule has 150 valence electrons. The van der Waals surface area contributed by atoms with Crippen molar-refractivity contribution in [3.63, 3.8) is 0 Å². The molecule has 0 atom stereocenters. The SMILES string of the molecule is CN1C(=O)c2ccc(C(=O)NCCOc3cccc4c3OC(C)(C)C4)cc2C1=O. The van der Waals surface area contributed by atoms with Crippen molar-refractivity contribution in [2.24, 2.45) is 0 Å². The Morgan fingerprint density at radius 1 is 1.17 bits per heavy atom. The van der Waals surface area contributed by atoms with Crippen molar-refractivity contribution in [2.75, 3.05) is 20.2 Å². The molecule has 29 heavy (non-hydrogen) atoms. The zero-order chi connectivity index (χ0) is 20.8. The number of ether oxygens (including phenoxy) is 2. The minimum absolute atomic E-state index is 0.251. The predicted molar refractivity (Wildman–Crippen MR) is 106 cm³/mol. The first kappa shape index (κ1) is 19.0. The molecular weight excluding hydrogens is 372 g/mol. The highest BCUT2D eigenvalue weighted by atomic mass is 16.5. The van der Waals surface area contributed by atoms with Crippen LogP contribution in [0.25, 0.3) is 0 Å². The molecule has 0 unspecified atom stereocenters. The number of nitrogens with zero attached hydrogens (tertiary/aromatic N) is 1. The molecule has 2 aromatic rings. The molecule has 3 amide bonds. The van der Waals surface area contributed by atoms with Gasteiger partial charge in [0.2, 0.25) is 0 Å². The van der Waals surface area contributed by atoms with Gasteiger partial charge in [-0.2, -0.15) is 0 Å². The lowest BCUT2D eigenvalue weighted by Crippen LogP contribution is -2.28. The largest absolute Gasteiger partial charge is 0.488 e. The van der Waals surface area contributed by atoms with Crippen molar-refractivity contribution in [3.8, 4) is 11.5 Å². The second kappa shape index (κ2) is 6.92. The summed E-state index contributed by atoms with van der Waals surface area (Å²) in [5.41, 5.74) is 1.75. The van der Waals surface area contributed by atoms with E-state index in [1.165, 1.54) is 19.2 Å². The van der Waals surface area contributed by atoms with Crippen LogP contribution < -0.4 is 14.8 Å². The summed E-state index contributed by atoms with van der Waals surface area (Å²) in [4.78, 5) is 37.5. The Bertz CT molecular complexity index is 1030. The van der Waals surface area contributed by atoms with E-state index in [1.54, 1.807) is 6.07 Å². The monoisotopic (exact) mass is 394 g/mol. The number of rotatable bonds is 5. The van der Waals surface area contributed by atoms with Crippen molar-refractivity contribution in [2.45, 2.75) is 25.9 Å².